The van der Waals surface area contributed by atoms with E-state index in [9.17, 15) is 0 Å². The highest BCUT2D eigenvalue weighted by molar-refractivity contribution is 7.98. The molecule has 6 heteroatoms. The highest BCUT2D eigenvalue weighted by Gasteiger charge is 2.09. The van der Waals surface area contributed by atoms with Crippen LogP contribution in [0.5, 0.6) is 0 Å². The van der Waals surface area contributed by atoms with Crippen molar-refractivity contribution < 1.29 is 0 Å². The molecule has 0 unspecified atom stereocenters. The Morgan fingerprint density at radius 1 is 1.17 bits per heavy atom. The molecule has 0 bridgehead atoms. The molecule has 0 aliphatic carbocycles. The SMILES string of the molecule is CSc1nc(N)nc(-c2cc3ccccc3s2)n1. The minimum atomic E-state index is 0.266. The van der Waals surface area contributed by atoms with Crippen molar-refractivity contribution in [1.82, 2.24) is 15.0 Å². The van der Waals surface area contributed by atoms with Crippen molar-refractivity contribution in [3.63, 3.8) is 0 Å². The molecule has 18 heavy (non-hydrogen) atoms. The van der Waals surface area contributed by atoms with Crippen LogP contribution in [0.25, 0.3) is 20.8 Å². The van der Waals surface area contributed by atoms with Crippen LogP contribution >= 0.6 is 23.1 Å². The van der Waals surface area contributed by atoms with Gasteiger partial charge in [0.2, 0.25) is 5.95 Å². The lowest BCUT2D eigenvalue weighted by atomic mass is 10.2. The maximum Gasteiger partial charge on any atom is 0.224 e. The first-order valence-electron chi connectivity index (χ1n) is 5.31. The van der Waals surface area contributed by atoms with Gasteiger partial charge in [-0.3, -0.25) is 0 Å². The Morgan fingerprint density at radius 3 is 2.78 bits per heavy atom. The number of thioether (sulfide) groups is 1. The molecule has 0 saturated heterocycles. The number of hydrogen-bond donors (Lipinski definition) is 1. The molecule has 2 N–H and O–H groups in total. The molecule has 3 rings (SSSR count). The quantitative estimate of drug-likeness (QED) is 0.728. The number of nitrogens with zero attached hydrogens (tertiary/aromatic N) is 3. The number of nitrogen functional groups attached to an aromatic ring is 1. The van der Waals surface area contributed by atoms with Crippen LogP contribution in [0.15, 0.2) is 35.5 Å². The smallest absolute Gasteiger partial charge is 0.224 e. The summed E-state index contributed by atoms with van der Waals surface area (Å²) in [7, 11) is 0. The van der Waals surface area contributed by atoms with Gasteiger partial charge in [0, 0.05) is 4.70 Å². The van der Waals surface area contributed by atoms with Gasteiger partial charge in [-0.15, -0.1) is 11.3 Å². The predicted octanol–water partition coefficient (Wildman–Crippen LogP) is 3.06. The van der Waals surface area contributed by atoms with E-state index < -0.39 is 0 Å². The van der Waals surface area contributed by atoms with E-state index in [2.05, 4.69) is 33.2 Å². The van der Waals surface area contributed by atoms with Crippen molar-refractivity contribution in [2.24, 2.45) is 0 Å². The van der Waals surface area contributed by atoms with Gasteiger partial charge in [0.25, 0.3) is 0 Å². The summed E-state index contributed by atoms with van der Waals surface area (Å²) in [5, 5.41) is 1.84. The fraction of sp³-hybridized carbons (Fsp3) is 0.0833. The lowest BCUT2D eigenvalue weighted by Crippen LogP contribution is -2.00. The lowest BCUT2D eigenvalue weighted by molar-refractivity contribution is 0.930. The molecular formula is C12H10N4S2. The zero-order chi connectivity index (χ0) is 12.5. The van der Waals surface area contributed by atoms with Gasteiger partial charge < -0.3 is 5.73 Å². The molecule has 0 fully saturated rings. The summed E-state index contributed by atoms with van der Waals surface area (Å²) in [6, 6.07) is 10.3. The van der Waals surface area contributed by atoms with Crippen molar-refractivity contribution in [2.75, 3.05) is 12.0 Å². The molecule has 0 aliphatic heterocycles. The van der Waals surface area contributed by atoms with E-state index in [4.69, 9.17) is 5.73 Å². The Hall–Kier alpha value is -1.66. The molecule has 2 aromatic heterocycles. The van der Waals surface area contributed by atoms with Gasteiger partial charge in [-0.1, -0.05) is 30.0 Å². The maximum atomic E-state index is 5.70. The Labute approximate surface area is 112 Å². The molecule has 0 aliphatic rings. The van der Waals surface area contributed by atoms with Crippen molar-refractivity contribution in [3.8, 4) is 10.7 Å². The maximum absolute atomic E-state index is 5.70. The minimum Gasteiger partial charge on any atom is -0.368 e. The minimum absolute atomic E-state index is 0.266. The first-order valence-corrected chi connectivity index (χ1v) is 7.35. The molecule has 3 aromatic rings. The van der Waals surface area contributed by atoms with Gasteiger partial charge in [0.15, 0.2) is 11.0 Å². The number of thiophene rings is 1. The third kappa shape index (κ3) is 2.04. The van der Waals surface area contributed by atoms with E-state index in [0.29, 0.717) is 11.0 Å². The Balaban J connectivity index is 2.16. The van der Waals surface area contributed by atoms with E-state index in [1.54, 1.807) is 11.3 Å². The van der Waals surface area contributed by atoms with Gasteiger partial charge in [-0.25, -0.2) is 4.98 Å². The van der Waals surface area contributed by atoms with Crippen LogP contribution in [0.1, 0.15) is 0 Å². The fourth-order valence-electron chi connectivity index (χ4n) is 1.67. The van der Waals surface area contributed by atoms with Gasteiger partial charge in [0.05, 0.1) is 4.88 Å². The van der Waals surface area contributed by atoms with Gasteiger partial charge in [-0.05, 0) is 23.8 Å². The molecule has 0 amide bonds. The Kier molecular flexibility index (Phi) is 2.89. The summed E-state index contributed by atoms with van der Waals surface area (Å²) in [6.45, 7) is 0. The van der Waals surface area contributed by atoms with Crippen LogP contribution in [0.4, 0.5) is 5.95 Å². The van der Waals surface area contributed by atoms with Gasteiger partial charge >= 0.3 is 0 Å². The number of hydrogen-bond acceptors (Lipinski definition) is 6. The van der Waals surface area contributed by atoms with Crippen LogP contribution in [-0.2, 0) is 0 Å². The second-order valence-electron chi connectivity index (χ2n) is 3.65. The third-order valence-corrected chi connectivity index (χ3v) is 4.12. The van der Waals surface area contributed by atoms with Crippen molar-refractivity contribution in [3.05, 3.63) is 30.3 Å². The third-order valence-electron chi connectivity index (χ3n) is 2.46. The highest BCUT2D eigenvalue weighted by Crippen LogP contribution is 2.32. The number of aromatic nitrogens is 3. The average molecular weight is 274 g/mol. The highest BCUT2D eigenvalue weighted by atomic mass is 32.2. The van der Waals surface area contributed by atoms with Crippen LogP contribution in [0.3, 0.4) is 0 Å². The molecule has 0 spiro atoms. The molecular weight excluding hydrogens is 264 g/mol. The Bertz CT molecular complexity index is 675. The van der Waals surface area contributed by atoms with E-state index >= 15 is 0 Å². The molecule has 0 radical (unpaired) electrons. The van der Waals surface area contributed by atoms with Crippen molar-refractivity contribution in [1.29, 1.82) is 0 Å². The standard InChI is InChI=1S/C12H10N4S2/c1-17-12-15-10(14-11(13)16-12)9-6-7-4-2-3-5-8(7)18-9/h2-6H,1H3,(H2,13,14,15,16). The fourth-order valence-corrected chi connectivity index (χ4v) is 3.03. The van der Waals surface area contributed by atoms with E-state index in [-0.39, 0.29) is 5.95 Å². The summed E-state index contributed by atoms with van der Waals surface area (Å²) < 4.78 is 1.22. The zero-order valence-corrected chi connectivity index (χ0v) is 11.3. The number of nitrogens with two attached hydrogens (primary N) is 1. The molecule has 0 atom stereocenters. The number of anilines is 1. The Morgan fingerprint density at radius 2 is 2.00 bits per heavy atom. The molecule has 0 saturated carbocycles. The summed E-state index contributed by atoms with van der Waals surface area (Å²) >= 11 is 3.12. The van der Waals surface area contributed by atoms with E-state index in [1.807, 2.05) is 18.4 Å². The molecule has 1 aromatic carbocycles. The van der Waals surface area contributed by atoms with E-state index in [0.717, 1.165) is 4.88 Å². The first kappa shape index (κ1) is 11.4. The summed E-state index contributed by atoms with van der Waals surface area (Å²) in [6.07, 6.45) is 1.92. The second-order valence-corrected chi connectivity index (χ2v) is 5.51. The number of fused-ring (bicyclic) bond motifs is 1. The molecule has 90 valence electrons. The zero-order valence-electron chi connectivity index (χ0n) is 9.62. The van der Waals surface area contributed by atoms with Crippen LogP contribution in [0.2, 0.25) is 0 Å². The number of rotatable bonds is 2. The monoisotopic (exact) mass is 274 g/mol. The van der Waals surface area contributed by atoms with Crippen LogP contribution < -0.4 is 5.73 Å². The summed E-state index contributed by atoms with van der Waals surface area (Å²) in [4.78, 5) is 13.7. The summed E-state index contributed by atoms with van der Waals surface area (Å²) in [5.74, 6) is 0.912. The van der Waals surface area contributed by atoms with Crippen LogP contribution in [-0.4, -0.2) is 21.2 Å². The largest absolute Gasteiger partial charge is 0.368 e. The predicted molar refractivity (Wildman–Crippen MR) is 76.8 cm³/mol. The molecule has 4 nitrogen and oxygen atoms in total. The topological polar surface area (TPSA) is 64.7 Å². The average Bonchev–Trinajstić information content (AvgIpc) is 2.81. The van der Waals surface area contributed by atoms with Crippen LogP contribution in [0, 0.1) is 0 Å². The van der Waals surface area contributed by atoms with Crippen molar-refractivity contribution >= 4 is 39.1 Å². The summed E-state index contributed by atoms with van der Waals surface area (Å²) in [5.41, 5.74) is 5.70. The van der Waals surface area contributed by atoms with E-state index in [1.165, 1.54) is 21.8 Å². The normalized spacial score (nSPS) is 10.9. The van der Waals surface area contributed by atoms with Gasteiger partial charge in [0.1, 0.15) is 0 Å². The van der Waals surface area contributed by atoms with Gasteiger partial charge in [-0.2, -0.15) is 9.97 Å². The molecule has 2 heterocycles. The second kappa shape index (κ2) is 4.55. The van der Waals surface area contributed by atoms with Crippen molar-refractivity contribution in [2.45, 2.75) is 5.16 Å². The number of benzene rings is 1. The lowest BCUT2D eigenvalue weighted by Gasteiger charge is -2.00. The first-order chi connectivity index (χ1) is 8.76.